The minimum Gasteiger partial charge on any atom is -0.318 e. The van der Waals surface area contributed by atoms with Gasteiger partial charge in [-0.2, -0.15) is 5.26 Å². The van der Waals surface area contributed by atoms with E-state index in [2.05, 4.69) is 22.6 Å². The Balaban J connectivity index is 1.53. The van der Waals surface area contributed by atoms with Crippen molar-refractivity contribution in [1.82, 2.24) is 19.9 Å². The Bertz CT molecular complexity index is 855. The number of hydrogen-bond acceptors (Lipinski definition) is 4. The monoisotopic (exact) mass is 336 g/mol. The molecule has 1 aromatic carbocycles. The van der Waals surface area contributed by atoms with Crippen LogP contribution in [0.15, 0.2) is 24.4 Å². The quantitative estimate of drug-likeness (QED) is 0.913. The molecule has 4 rings (SSSR count). The largest absolute Gasteiger partial charge is 0.322 e. The lowest BCUT2D eigenvalue weighted by Gasteiger charge is -2.54. The summed E-state index contributed by atoms with van der Waals surface area (Å²) in [6, 6.07) is 8.38. The topological polar surface area (TPSA) is 86.8 Å². The first-order valence-corrected chi connectivity index (χ1v) is 8.58. The Kier molecular flexibility index (Phi) is 3.68. The van der Waals surface area contributed by atoms with E-state index in [-0.39, 0.29) is 11.7 Å². The van der Waals surface area contributed by atoms with E-state index in [1.54, 1.807) is 10.9 Å². The van der Waals surface area contributed by atoms with Crippen LogP contribution in [0, 0.1) is 24.2 Å². The lowest BCUT2D eigenvalue weighted by molar-refractivity contribution is -0.00600. The zero-order chi connectivity index (χ0) is 17.6. The molecule has 1 N–H and O–H groups in total. The second-order valence-corrected chi connectivity index (χ2v) is 7.12. The fraction of sp³-hybridized carbons (Fsp3) is 0.444. The average molecular weight is 336 g/mol. The molecule has 2 aliphatic heterocycles. The zero-order valence-electron chi connectivity index (χ0n) is 14.3. The Morgan fingerprint density at radius 2 is 2.08 bits per heavy atom. The first-order valence-electron chi connectivity index (χ1n) is 8.58. The van der Waals surface area contributed by atoms with Gasteiger partial charge in [0.25, 0.3) is 0 Å². The number of carbonyl (C=O) groups is 1. The van der Waals surface area contributed by atoms with Gasteiger partial charge in [-0.25, -0.2) is 9.48 Å². The third-order valence-electron chi connectivity index (χ3n) is 5.23. The maximum atomic E-state index is 12.6. The maximum Gasteiger partial charge on any atom is 0.322 e. The highest BCUT2D eigenvalue weighted by Gasteiger charge is 2.46. The highest BCUT2D eigenvalue weighted by Crippen LogP contribution is 2.41. The number of urea groups is 1. The summed E-state index contributed by atoms with van der Waals surface area (Å²) < 4.78 is 1.56. The second kappa shape index (κ2) is 5.88. The minimum atomic E-state index is -0.0285. The van der Waals surface area contributed by atoms with Gasteiger partial charge in [0, 0.05) is 17.8 Å². The van der Waals surface area contributed by atoms with E-state index in [1.807, 2.05) is 36.1 Å². The van der Waals surface area contributed by atoms with E-state index in [0.717, 1.165) is 36.2 Å². The van der Waals surface area contributed by atoms with Crippen molar-refractivity contribution < 1.29 is 4.79 Å². The molecule has 0 aliphatic carbocycles. The first-order chi connectivity index (χ1) is 12.0. The molecule has 0 radical (unpaired) electrons. The van der Waals surface area contributed by atoms with Crippen molar-refractivity contribution in [3.8, 4) is 11.8 Å². The SMILES string of the molecule is Cc1ccc(NC(=O)N2C3CC(C)CC2C3)cc1-n1cc(C#N)nn1. The number of aromatic nitrogens is 3. The molecule has 2 amide bonds. The number of piperidine rings is 1. The van der Waals surface area contributed by atoms with Crippen LogP contribution in [-0.2, 0) is 0 Å². The molecule has 7 heteroatoms. The van der Waals surface area contributed by atoms with Gasteiger partial charge in [-0.3, -0.25) is 0 Å². The molecule has 2 atom stereocenters. The molecule has 7 nitrogen and oxygen atoms in total. The molecule has 25 heavy (non-hydrogen) atoms. The van der Waals surface area contributed by atoms with Crippen LogP contribution in [0.5, 0.6) is 0 Å². The summed E-state index contributed by atoms with van der Waals surface area (Å²) in [5.41, 5.74) is 2.76. The Morgan fingerprint density at radius 3 is 2.76 bits per heavy atom. The van der Waals surface area contributed by atoms with E-state index in [4.69, 9.17) is 5.26 Å². The summed E-state index contributed by atoms with van der Waals surface area (Å²) in [6.45, 7) is 4.21. The van der Waals surface area contributed by atoms with Crippen molar-refractivity contribution in [3.63, 3.8) is 0 Å². The van der Waals surface area contributed by atoms with Gasteiger partial charge >= 0.3 is 6.03 Å². The van der Waals surface area contributed by atoms with Gasteiger partial charge in [-0.05, 0) is 49.8 Å². The molecule has 3 heterocycles. The van der Waals surface area contributed by atoms with Crippen LogP contribution in [0.1, 0.15) is 37.4 Å². The molecular formula is C18H20N6O. The number of hydrogen-bond donors (Lipinski definition) is 1. The summed E-state index contributed by atoms with van der Waals surface area (Å²) in [6.07, 6.45) is 4.90. The maximum absolute atomic E-state index is 12.6. The third kappa shape index (κ3) is 2.74. The van der Waals surface area contributed by atoms with Crippen molar-refractivity contribution >= 4 is 11.7 Å². The predicted octanol–water partition coefficient (Wildman–Crippen LogP) is 2.85. The highest BCUT2D eigenvalue weighted by atomic mass is 16.2. The molecule has 0 saturated carbocycles. The van der Waals surface area contributed by atoms with Gasteiger partial charge in [0.05, 0.1) is 11.9 Å². The number of amides is 2. The van der Waals surface area contributed by atoms with Crippen LogP contribution in [-0.4, -0.2) is 38.0 Å². The van der Waals surface area contributed by atoms with Gasteiger partial charge in [-0.1, -0.05) is 18.2 Å². The van der Waals surface area contributed by atoms with Crippen molar-refractivity contribution in [2.24, 2.45) is 5.92 Å². The van der Waals surface area contributed by atoms with Crippen molar-refractivity contribution in [3.05, 3.63) is 35.7 Å². The van der Waals surface area contributed by atoms with Crippen LogP contribution < -0.4 is 5.32 Å². The standard InChI is InChI=1S/C18H20N6O/c1-11-5-15-8-16(6-11)24(15)18(25)20-13-4-3-12(2)17(7-13)23-10-14(9-19)21-22-23/h3-4,7,10-11,15-16H,5-6,8H2,1-2H3,(H,20,25). The number of nitrogens with one attached hydrogen (secondary N) is 1. The summed E-state index contributed by atoms with van der Waals surface area (Å²) in [7, 11) is 0. The number of aryl methyl sites for hydroxylation is 1. The molecular weight excluding hydrogens is 316 g/mol. The van der Waals surface area contributed by atoms with Crippen LogP contribution in [0.2, 0.25) is 0 Å². The fourth-order valence-electron chi connectivity index (χ4n) is 4.03. The average Bonchev–Trinajstić information content (AvgIpc) is 3.05. The molecule has 2 aromatic rings. The van der Waals surface area contributed by atoms with E-state index >= 15 is 0 Å². The number of nitrogens with zero attached hydrogens (tertiary/aromatic N) is 5. The van der Waals surface area contributed by atoms with Gasteiger partial charge in [0.15, 0.2) is 5.69 Å². The summed E-state index contributed by atoms with van der Waals surface area (Å²) >= 11 is 0. The van der Waals surface area contributed by atoms with Gasteiger partial charge in [-0.15, -0.1) is 5.10 Å². The molecule has 0 spiro atoms. The van der Waals surface area contributed by atoms with E-state index < -0.39 is 0 Å². The Hall–Kier alpha value is -2.88. The molecule has 128 valence electrons. The van der Waals surface area contributed by atoms with Crippen molar-refractivity contribution in [1.29, 1.82) is 5.26 Å². The minimum absolute atomic E-state index is 0.0285. The second-order valence-electron chi connectivity index (χ2n) is 7.12. The van der Waals surface area contributed by atoms with Gasteiger partial charge in [0.2, 0.25) is 0 Å². The first kappa shape index (κ1) is 15.6. The van der Waals surface area contributed by atoms with Gasteiger partial charge < -0.3 is 10.2 Å². The van der Waals surface area contributed by atoms with E-state index in [1.165, 1.54) is 0 Å². The van der Waals surface area contributed by atoms with Crippen LogP contribution in [0.3, 0.4) is 0 Å². The zero-order valence-corrected chi connectivity index (χ0v) is 14.3. The molecule has 2 fully saturated rings. The lowest BCUT2D eigenvalue weighted by atomic mass is 9.74. The van der Waals surface area contributed by atoms with Crippen molar-refractivity contribution in [2.75, 3.05) is 5.32 Å². The summed E-state index contributed by atoms with van der Waals surface area (Å²) in [4.78, 5) is 14.6. The Morgan fingerprint density at radius 1 is 1.32 bits per heavy atom. The highest BCUT2D eigenvalue weighted by molar-refractivity contribution is 5.91. The smallest absolute Gasteiger partial charge is 0.318 e. The molecule has 2 bridgehead atoms. The van der Waals surface area contributed by atoms with E-state index in [9.17, 15) is 4.79 Å². The predicted molar refractivity (Wildman–Crippen MR) is 92.3 cm³/mol. The number of fused-ring (bicyclic) bond motifs is 2. The molecule has 2 unspecified atom stereocenters. The normalized spacial score (nSPS) is 24.4. The fourth-order valence-corrected chi connectivity index (χ4v) is 4.03. The van der Waals surface area contributed by atoms with Crippen LogP contribution in [0.25, 0.3) is 5.69 Å². The summed E-state index contributed by atoms with van der Waals surface area (Å²) in [5, 5.41) is 19.7. The number of nitriles is 1. The van der Waals surface area contributed by atoms with Crippen molar-refractivity contribution in [2.45, 2.75) is 45.2 Å². The number of rotatable bonds is 2. The molecule has 2 aliphatic rings. The third-order valence-corrected chi connectivity index (χ3v) is 5.23. The van der Waals surface area contributed by atoms with E-state index in [0.29, 0.717) is 18.0 Å². The summed E-state index contributed by atoms with van der Waals surface area (Å²) in [5.74, 6) is 0.709. The number of benzene rings is 1. The Labute approximate surface area is 146 Å². The van der Waals surface area contributed by atoms with Crippen LogP contribution >= 0.6 is 0 Å². The number of carbonyl (C=O) groups excluding carboxylic acids is 1. The molecule has 1 aromatic heterocycles. The molecule has 2 saturated heterocycles. The lowest BCUT2D eigenvalue weighted by Crippen LogP contribution is -2.63. The van der Waals surface area contributed by atoms with Gasteiger partial charge in [0.1, 0.15) is 6.07 Å². The number of anilines is 1. The van der Waals surface area contributed by atoms with Crippen LogP contribution in [0.4, 0.5) is 10.5 Å².